The van der Waals surface area contributed by atoms with Gasteiger partial charge in [0.1, 0.15) is 17.9 Å². The van der Waals surface area contributed by atoms with E-state index in [2.05, 4.69) is 26.2 Å². The number of fused-ring (bicyclic) bond motifs is 1. The molecule has 10 heteroatoms. The lowest BCUT2D eigenvalue weighted by molar-refractivity contribution is -0.136. The number of carbonyl (C=O) groups is 3. The summed E-state index contributed by atoms with van der Waals surface area (Å²) in [5.41, 5.74) is 3.18. The highest BCUT2D eigenvalue weighted by Crippen LogP contribution is 2.35. The Morgan fingerprint density at radius 3 is 2.67 bits per heavy atom. The van der Waals surface area contributed by atoms with Crippen molar-refractivity contribution in [2.75, 3.05) is 31.1 Å². The highest BCUT2D eigenvalue weighted by molar-refractivity contribution is 6.06. The Balaban J connectivity index is 1.32. The van der Waals surface area contributed by atoms with Crippen LogP contribution in [0.2, 0.25) is 0 Å². The molecule has 3 aliphatic heterocycles. The molecule has 0 spiro atoms. The third kappa shape index (κ3) is 3.85. The summed E-state index contributed by atoms with van der Waals surface area (Å²) >= 11 is 0. The summed E-state index contributed by atoms with van der Waals surface area (Å²) in [5, 5.41) is 11.5. The molecule has 2 aromatic rings. The fraction of sp³-hybridized carbons (Fsp3) is 0.391. The van der Waals surface area contributed by atoms with Crippen LogP contribution in [0.1, 0.15) is 40.0 Å². The monoisotopic (exact) mass is 450 g/mol. The van der Waals surface area contributed by atoms with Gasteiger partial charge in [-0.05, 0) is 24.6 Å². The molecule has 0 aliphatic carbocycles. The van der Waals surface area contributed by atoms with Gasteiger partial charge in [-0.25, -0.2) is 4.39 Å². The van der Waals surface area contributed by atoms with Gasteiger partial charge in [-0.3, -0.25) is 24.6 Å². The third-order valence-corrected chi connectivity index (χ3v) is 6.65. The number of nitriles is 1. The number of hydrogen-bond donors (Lipinski definition) is 2. The average Bonchev–Trinajstić information content (AvgIpc) is 3.38. The molecule has 2 fully saturated rings. The van der Waals surface area contributed by atoms with E-state index in [4.69, 9.17) is 0 Å². The molecule has 4 heterocycles. The first kappa shape index (κ1) is 21.2. The maximum atomic E-state index is 14.5. The van der Waals surface area contributed by atoms with E-state index in [-0.39, 0.29) is 36.8 Å². The van der Waals surface area contributed by atoms with Gasteiger partial charge in [0.2, 0.25) is 11.8 Å². The van der Waals surface area contributed by atoms with Crippen molar-refractivity contribution in [1.29, 1.82) is 5.26 Å². The SMILES string of the molecule is N#Cc1cc[nH]c1CN1CCN(c2cc(F)cc3c2CN(C2CCC(=O)NC2=O)C3=O)CC1. The van der Waals surface area contributed by atoms with Gasteiger partial charge in [0.25, 0.3) is 5.91 Å². The molecule has 3 aliphatic rings. The fourth-order valence-corrected chi connectivity index (χ4v) is 4.90. The molecule has 0 bridgehead atoms. The topological polar surface area (TPSA) is 113 Å². The minimum atomic E-state index is -0.731. The number of halogens is 1. The first-order chi connectivity index (χ1) is 15.9. The number of anilines is 1. The van der Waals surface area contributed by atoms with Crippen LogP contribution in [0.3, 0.4) is 0 Å². The van der Waals surface area contributed by atoms with Crippen LogP contribution in [0.5, 0.6) is 0 Å². The van der Waals surface area contributed by atoms with Crippen molar-refractivity contribution in [3.05, 3.63) is 52.6 Å². The zero-order valence-corrected chi connectivity index (χ0v) is 17.9. The Morgan fingerprint density at radius 1 is 1.15 bits per heavy atom. The van der Waals surface area contributed by atoms with Crippen molar-refractivity contribution in [2.24, 2.45) is 0 Å². The quantitative estimate of drug-likeness (QED) is 0.675. The second-order valence-corrected chi connectivity index (χ2v) is 8.60. The van der Waals surface area contributed by atoms with Crippen molar-refractivity contribution >= 4 is 23.4 Å². The summed E-state index contributed by atoms with van der Waals surface area (Å²) < 4.78 is 14.5. The van der Waals surface area contributed by atoms with Crippen LogP contribution in [0.25, 0.3) is 0 Å². The maximum Gasteiger partial charge on any atom is 0.255 e. The first-order valence-electron chi connectivity index (χ1n) is 11.0. The minimum absolute atomic E-state index is 0.175. The zero-order valence-electron chi connectivity index (χ0n) is 17.9. The second kappa shape index (κ2) is 8.33. The smallest absolute Gasteiger partial charge is 0.255 e. The predicted octanol–water partition coefficient (Wildman–Crippen LogP) is 1.11. The van der Waals surface area contributed by atoms with Gasteiger partial charge in [-0.2, -0.15) is 5.26 Å². The number of piperazine rings is 1. The lowest BCUT2D eigenvalue weighted by atomic mass is 10.0. The number of aromatic nitrogens is 1. The molecular formula is C23H23FN6O3. The van der Waals surface area contributed by atoms with E-state index >= 15 is 0 Å². The first-order valence-corrected chi connectivity index (χ1v) is 11.0. The number of imide groups is 1. The Bertz CT molecular complexity index is 1180. The summed E-state index contributed by atoms with van der Waals surface area (Å²) in [5.74, 6) is -1.69. The van der Waals surface area contributed by atoms with Crippen LogP contribution in [-0.2, 0) is 22.7 Å². The van der Waals surface area contributed by atoms with Crippen LogP contribution < -0.4 is 10.2 Å². The van der Waals surface area contributed by atoms with E-state index < -0.39 is 17.8 Å². The Kier molecular flexibility index (Phi) is 5.34. The lowest BCUT2D eigenvalue weighted by Gasteiger charge is -2.37. The number of nitrogens with one attached hydrogen (secondary N) is 2. The third-order valence-electron chi connectivity index (χ3n) is 6.65. The standard InChI is InChI=1S/C23H23FN6O3/c24-15-9-16-17(12-30(23(16)33)19-1-2-21(31)27-22(19)32)20(10-15)29-7-5-28(6-8-29)13-18-14(11-25)3-4-26-18/h3-4,9-10,19,26H,1-2,5-8,12-13H2,(H,27,31,32). The van der Waals surface area contributed by atoms with E-state index in [1.807, 2.05) is 0 Å². The number of rotatable bonds is 4. The molecule has 5 rings (SSSR count). The molecule has 170 valence electrons. The molecule has 2 saturated heterocycles. The van der Waals surface area contributed by atoms with E-state index in [0.29, 0.717) is 30.9 Å². The average molecular weight is 450 g/mol. The molecular weight excluding hydrogens is 427 g/mol. The molecule has 1 unspecified atom stereocenters. The number of amides is 3. The molecule has 0 saturated carbocycles. The number of aromatic amines is 1. The van der Waals surface area contributed by atoms with Gasteiger partial charge in [0.15, 0.2) is 0 Å². The van der Waals surface area contributed by atoms with Gasteiger partial charge in [-0.1, -0.05) is 0 Å². The van der Waals surface area contributed by atoms with Crippen LogP contribution >= 0.6 is 0 Å². The summed E-state index contributed by atoms with van der Waals surface area (Å²) in [6.45, 7) is 3.58. The number of benzene rings is 1. The molecule has 1 atom stereocenters. The van der Waals surface area contributed by atoms with Gasteiger partial charge in [0.05, 0.1) is 5.56 Å². The van der Waals surface area contributed by atoms with Crippen molar-refractivity contribution in [2.45, 2.75) is 32.0 Å². The van der Waals surface area contributed by atoms with Crippen LogP contribution in [0.4, 0.5) is 10.1 Å². The van der Waals surface area contributed by atoms with Crippen LogP contribution in [0, 0.1) is 17.1 Å². The Hall–Kier alpha value is -3.71. The molecule has 1 aromatic carbocycles. The van der Waals surface area contributed by atoms with Crippen molar-refractivity contribution < 1.29 is 18.8 Å². The highest BCUT2D eigenvalue weighted by Gasteiger charge is 2.41. The summed E-state index contributed by atoms with van der Waals surface area (Å²) in [6.07, 6.45) is 2.20. The highest BCUT2D eigenvalue weighted by atomic mass is 19.1. The van der Waals surface area contributed by atoms with Gasteiger partial charge >= 0.3 is 0 Å². The van der Waals surface area contributed by atoms with Crippen LogP contribution in [0.15, 0.2) is 24.4 Å². The molecule has 1 aromatic heterocycles. The second-order valence-electron chi connectivity index (χ2n) is 8.60. The van der Waals surface area contributed by atoms with Crippen molar-refractivity contribution in [3.63, 3.8) is 0 Å². The van der Waals surface area contributed by atoms with Crippen molar-refractivity contribution in [1.82, 2.24) is 20.1 Å². The van der Waals surface area contributed by atoms with E-state index in [1.54, 1.807) is 12.3 Å². The van der Waals surface area contributed by atoms with Crippen LogP contribution in [-0.4, -0.2) is 64.7 Å². The van der Waals surface area contributed by atoms with Gasteiger partial charge in [0, 0.05) is 74.4 Å². The Morgan fingerprint density at radius 2 is 1.94 bits per heavy atom. The molecule has 9 nitrogen and oxygen atoms in total. The van der Waals surface area contributed by atoms with Gasteiger partial charge < -0.3 is 14.8 Å². The molecule has 0 radical (unpaired) electrons. The molecule has 3 amide bonds. The number of H-pyrrole nitrogens is 1. The number of carbonyl (C=O) groups excluding carboxylic acids is 3. The molecule has 2 N–H and O–H groups in total. The maximum absolute atomic E-state index is 14.5. The molecule has 33 heavy (non-hydrogen) atoms. The summed E-state index contributed by atoms with van der Waals surface area (Å²) in [7, 11) is 0. The minimum Gasteiger partial charge on any atom is -0.369 e. The largest absolute Gasteiger partial charge is 0.369 e. The summed E-state index contributed by atoms with van der Waals surface area (Å²) in [6, 6.07) is 5.89. The number of nitrogens with zero attached hydrogens (tertiary/aromatic N) is 4. The number of piperidine rings is 1. The van der Waals surface area contributed by atoms with E-state index in [9.17, 15) is 24.0 Å². The lowest BCUT2D eigenvalue weighted by Crippen LogP contribution is -2.52. The predicted molar refractivity (Wildman–Crippen MR) is 115 cm³/mol. The number of hydrogen-bond acceptors (Lipinski definition) is 6. The van der Waals surface area contributed by atoms with E-state index in [0.717, 1.165) is 24.3 Å². The van der Waals surface area contributed by atoms with Crippen molar-refractivity contribution in [3.8, 4) is 6.07 Å². The zero-order chi connectivity index (χ0) is 23.1. The fourth-order valence-electron chi connectivity index (χ4n) is 4.90. The normalized spacial score (nSPS) is 21.2. The van der Waals surface area contributed by atoms with Gasteiger partial charge in [-0.15, -0.1) is 0 Å². The van der Waals surface area contributed by atoms with E-state index in [1.165, 1.54) is 17.0 Å². The Labute approximate surface area is 189 Å². The summed E-state index contributed by atoms with van der Waals surface area (Å²) in [4.78, 5) is 45.7.